The van der Waals surface area contributed by atoms with Gasteiger partial charge in [0.1, 0.15) is 5.82 Å². The highest BCUT2D eigenvalue weighted by Gasteiger charge is 2.36. The number of carbonyl (C=O) groups excluding carboxylic acids is 1. The maximum absolute atomic E-state index is 15.1. The summed E-state index contributed by atoms with van der Waals surface area (Å²) < 4.78 is 57.7. The van der Waals surface area contributed by atoms with Crippen molar-refractivity contribution >= 4 is 17.2 Å². The highest BCUT2D eigenvalue weighted by atomic mass is 19.4. The molecule has 0 bridgehead atoms. The zero-order valence-corrected chi connectivity index (χ0v) is 20.5. The first-order valence-corrected chi connectivity index (χ1v) is 11.8. The van der Waals surface area contributed by atoms with Crippen LogP contribution in [0, 0.1) is 5.82 Å². The highest BCUT2D eigenvalue weighted by Crippen LogP contribution is 2.40. The van der Waals surface area contributed by atoms with Crippen molar-refractivity contribution in [3.05, 3.63) is 112 Å². The van der Waals surface area contributed by atoms with Gasteiger partial charge in [0.2, 0.25) is 0 Å². The Kier molecular flexibility index (Phi) is 6.40. The molecule has 1 heterocycles. The maximum atomic E-state index is 15.1. The summed E-state index contributed by atoms with van der Waals surface area (Å²) in [5.41, 5.74) is 2.00. The Morgan fingerprint density at radius 1 is 1.05 bits per heavy atom. The molecule has 1 unspecified atom stereocenters. The molecule has 5 nitrogen and oxygen atoms in total. The van der Waals surface area contributed by atoms with Crippen LogP contribution in [0.4, 0.5) is 17.6 Å². The van der Waals surface area contributed by atoms with Gasteiger partial charge in [0.05, 0.1) is 28.6 Å². The van der Waals surface area contributed by atoms with E-state index >= 15 is 4.39 Å². The number of aliphatic hydroxyl groups excluding tert-OH is 1. The minimum Gasteiger partial charge on any atom is -0.389 e. The first kappa shape index (κ1) is 25.4. The Morgan fingerprint density at radius 2 is 1.79 bits per heavy atom. The first-order chi connectivity index (χ1) is 18.0. The maximum Gasteiger partial charge on any atom is 0.417 e. The Morgan fingerprint density at radius 3 is 2.42 bits per heavy atom. The fourth-order valence-electron chi connectivity index (χ4n) is 4.64. The Balaban J connectivity index is 1.62. The van der Waals surface area contributed by atoms with Gasteiger partial charge < -0.3 is 10.4 Å². The van der Waals surface area contributed by atoms with Gasteiger partial charge in [-0.3, -0.25) is 9.48 Å². The largest absolute Gasteiger partial charge is 0.417 e. The number of hydrogen-bond acceptors (Lipinski definition) is 3. The van der Waals surface area contributed by atoms with Gasteiger partial charge in [0, 0.05) is 30.8 Å². The summed E-state index contributed by atoms with van der Waals surface area (Å²) in [6.07, 6.45) is -3.67. The average molecular weight is 522 g/mol. The van der Waals surface area contributed by atoms with E-state index in [2.05, 4.69) is 10.4 Å². The van der Waals surface area contributed by atoms with E-state index in [0.29, 0.717) is 29.3 Å². The number of aryl methyl sites for hydroxylation is 1. The van der Waals surface area contributed by atoms with Crippen LogP contribution in [0.1, 0.15) is 51.2 Å². The first-order valence-electron chi connectivity index (χ1n) is 11.8. The lowest BCUT2D eigenvalue weighted by atomic mass is 9.99. The second-order valence-electron chi connectivity index (χ2n) is 9.19. The van der Waals surface area contributed by atoms with Crippen LogP contribution < -0.4 is 5.32 Å². The average Bonchev–Trinajstić information content (AvgIpc) is 3.47. The molecule has 1 amide bonds. The number of amides is 1. The van der Waals surface area contributed by atoms with Crippen LogP contribution in [-0.4, -0.2) is 20.8 Å². The fourth-order valence-corrected chi connectivity index (χ4v) is 4.64. The summed E-state index contributed by atoms with van der Waals surface area (Å²) in [4.78, 5) is 13.4. The van der Waals surface area contributed by atoms with Gasteiger partial charge in [-0.05, 0) is 53.5 Å². The summed E-state index contributed by atoms with van der Waals surface area (Å²) in [5, 5.41) is 16.9. The number of rotatable bonds is 5. The lowest BCUT2D eigenvalue weighted by molar-refractivity contribution is -0.137. The quantitative estimate of drug-likeness (QED) is 0.310. The van der Waals surface area contributed by atoms with Crippen molar-refractivity contribution in [3.63, 3.8) is 0 Å². The van der Waals surface area contributed by atoms with Gasteiger partial charge in [0.25, 0.3) is 5.91 Å². The van der Waals surface area contributed by atoms with Crippen molar-refractivity contribution in [1.82, 2.24) is 15.1 Å². The molecule has 0 saturated carbocycles. The molecule has 3 aromatic carbocycles. The van der Waals surface area contributed by atoms with E-state index in [0.717, 1.165) is 22.8 Å². The molecule has 0 radical (unpaired) electrons. The van der Waals surface area contributed by atoms with Crippen LogP contribution in [0.5, 0.6) is 0 Å². The molecule has 5 rings (SSSR count). The second-order valence-corrected chi connectivity index (χ2v) is 9.19. The monoisotopic (exact) mass is 521 g/mol. The zero-order valence-electron chi connectivity index (χ0n) is 20.5. The van der Waals surface area contributed by atoms with Crippen molar-refractivity contribution in [3.8, 4) is 11.3 Å². The molecule has 0 fully saturated rings. The van der Waals surface area contributed by atoms with Crippen molar-refractivity contribution in [2.24, 2.45) is 7.05 Å². The number of aliphatic hydroxyl groups is 1. The molecule has 1 aliphatic rings. The van der Waals surface area contributed by atoms with Crippen LogP contribution in [0.15, 0.2) is 72.9 Å². The molecule has 38 heavy (non-hydrogen) atoms. The molecule has 1 atom stereocenters. The lowest BCUT2D eigenvalue weighted by Gasteiger charge is -2.16. The minimum absolute atomic E-state index is 0.0362. The van der Waals surface area contributed by atoms with E-state index in [-0.39, 0.29) is 5.69 Å². The van der Waals surface area contributed by atoms with Crippen molar-refractivity contribution in [2.75, 3.05) is 0 Å². The number of carbonyl (C=O) groups is 1. The third-order valence-electron chi connectivity index (χ3n) is 6.56. The van der Waals surface area contributed by atoms with Crippen LogP contribution in [0.3, 0.4) is 0 Å². The Bertz CT molecular complexity index is 1570. The predicted octanol–water partition coefficient (Wildman–Crippen LogP) is 6.15. The summed E-state index contributed by atoms with van der Waals surface area (Å²) >= 11 is 0. The number of hydrogen-bond donors (Lipinski definition) is 2. The van der Waals surface area contributed by atoms with E-state index in [1.807, 2.05) is 36.4 Å². The summed E-state index contributed by atoms with van der Waals surface area (Å²) in [6.45, 7) is 1.62. The number of aromatic nitrogens is 2. The van der Waals surface area contributed by atoms with E-state index in [1.165, 1.54) is 16.9 Å². The highest BCUT2D eigenvalue weighted by molar-refractivity contribution is 6.07. The fraction of sp³-hybridized carbons (Fsp3) is 0.172. The molecule has 1 aliphatic carbocycles. The summed E-state index contributed by atoms with van der Waals surface area (Å²) in [7, 11) is 1.55. The molecule has 0 spiro atoms. The SMILES string of the molecule is CC(O)c1ccc2c(c1)C(NC(=O)c1cc(-c3ccn(C)n3)c(C(F)(F)F)cc1F)=C(c1ccccc1)C2. The van der Waals surface area contributed by atoms with Gasteiger partial charge in [0.15, 0.2) is 0 Å². The predicted molar refractivity (Wildman–Crippen MR) is 135 cm³/mol. The number of halogens is 4. The van der Waals surface area contributed by atoms with E-state index in [9.17, 15) is 23.1 Å². The molecule has 1 aromatic heterocycles. The van der Waals surface area contributed by atoms with Gasteiger partial charge >= 0.3 is 6.18 Å². The molecule has 4 aromatic rings. The van der Waals surface area contributed by atoms with Crippen molar-refractivity contribution in [1.29, 1.82) is 0 Å². The second kappa shape index (κ2) is 9.57. The lowest BCUT2D eigenvalue weighted by Crippen LogP contribution is -2.24. The van der Waals surface area contributed by atoms with Crippen molar-refractivity contribution < 1.29 is 27.5 Å². The van der Waals surface area contributed by atoms with Crippen LogP contribution in [0.2, 0.25) is 0 Å². The van der Waals surface area contributed by atoms with Gasteiger partial charge in [-0.25, -0.2) is 4.39 Å². The smallest absolute Gasteiger partial charge is 0.389 e. The number of benzene rings is 3. The number of fused-ring (bicyclic) bond motifs is 1. The topological polar surface area (TPSA) is 67.2 Å². The third kappa shape index (κ3) is 4.72. The summed E-state index contributed by atoms with van der Waals surface area (Å²) in [6, 6.07) is 17.3. The summed E-state index contributed by atoms with van der Waals surface area (Å²) in [5.74, 6) is -2.19. The molecule has 0 saturated heterocycles. The molecular weight excluding hydrogens is 498 g/mol. The number of nitrogens with one attached hydrogen (secondary N) is 1. The van der Waals surface area contributed by atoms with Crippen LogP contribution in [0.25, 0.3) is 22.5 Å². The molecule has 2 N–H and O–H groups in total. The standard InChI is InChI=1S/C29H23F4N3O2/c1-16(37)18-8-9-19-13-20(17-6-4-3-5-7-17)27(21(19)12-18)34-28(38)23-14-22(26-10-11-36(2)35-26)24(15-25(23)30)29(31,32)33/h3-12,14-16,37H,13H2,1-2H3,(H,34,38). The van der Waals surface area contributed by atoms with Gasteiger partial charge in [-0.2, -0.15) is 18.3 Å². The van der Waals surface area contributed by atoms with E-state index in [1.54, 1.807) is 26.1 Å². The molecule has 9 heteroatoms. The Labute approximate surface area is 216 Å². The number of allylic oxidation sites excluding steroid dienone is 1. The molecule has 194 valence electrons. The number of nitrogens with zero attached hydrogens (tertiary/aromatic N) is 2. The molecule has 0 aliphatic heterocycles. The van der Waals surface area contributed by atoms with Crippen LogP contribution in [-0.2, 0) is 19.6 Å². The van der Waals surface area contributed by atoms with E-state index < -0.39 is 40.7 Å². The van der Waals surface area contributed by atoms with E-state index in [4.69, 9.17) is 0 Å². The van der Waals surface area contributed by atoms with Crippen LogP contribution >= 0.6 is 0 Å². The molecular formula is C29H23F4N3O2. The van der Waals surface area contributed by atoms with Gasteiger partial charge in [-0.1, -0.05) is 42.5 Å². The zero-order chi connectivity index (χ0) is 27.2. The van der Waals surface area contributed by atoms with Crippen molar-refractivity contribution in [2.45, 2.75) is 25.6 Å². The minimum atomic E-state index is -4.85. The van der Waals surface area contributed by atoms with Gasteiger partial charge in [-0.15, -0.1) is 0 Å². The Hall–Kier alpha value is -4.24. The number of alkyl halides is 3. The normalized spacial score (nSPS) is 14.0. The third-order valence-corrected chi connectivity index (χ3v) is 6.56.